The Hall–Kier alpha value is -3.32. The number of para-hydroxylation sites is 1. The standard InChI is InChI=1S/C28H29BrO6/c1-2-3-4-8-16-33-26-15-14-22(20-25(26)29)28(31)35-24-13-9-10-21(19-24)27(30)34-18-17-32-23-11-6-5-7-12-23/h5-7,9-15,19-20H,2-4,8,16-18H2,1H3. The maximum Gasteiger partial charge on any atom is 0.343 e. The maximum absolute atomic E-state index is 12.6. The fourth-order valence-corrected chi connectivity index (χ4v) is 3.70. The third-order valence-electron chi connectivity index (χ3n) is 5.03. The van der Waals surface area contributed by atoms with Crippen molar-refractivity contribution in [3.05, 3.63) is 88.4 Å². The largest absolute Gasteiger partial charge is 0.492 e. The first-order valence-corrected chi connectivity index (χ1v) is 12.5. The van der Waals surface area contributed by atoms with Gasteiger partial charge < -0.3 is 18.9 Å². The summed E-state index contributed by atoms with van der Waals surface area (Å²) in [4.78, 5) is 25.0. The normalized spacial score (nSPS) is 10.5. The number of carbonyl (C=O) groups is 2. The molecule has 184 valence electrons. The second-order valence-electron chi connectivity index (χ2n) is 7.77. The van der Waals surface area contributed by atoms with Crippen molar-refractivity contribution in [1.29, 1.82) is 0 Å². The maximum atomic E-state index is 12.6. The number of unbranched alkanes of at least 4 members (excludes halogenated alkanes) is 3. The molecule has 0 amide bonds. The molecule has 0 radical (unpaired) electrons. The Morgan fingerprint density at radius 1 is 0.714 bits per heavy atom. The molecular weight excluding hydrogens is 512 g/mol. The van der Waals surface area contributed by atoms with Gasteiger partial charge in [0.15, 0.2) is 0 Å². The fraction of sp³-hybridized carbons (Fsp3) is 0.286. The molecule has 0 aliphatic carbocycles. The zero-order valence-electron chi connectivity index (χ0n) is 19.7. The minimum Gasteiger partial charge on any atom is -0.492 e. The third kappa shape index (κ3) is 8.76. The molecule has 0 fully saturated rings. The zero-order valence-corrected chi connectivity index (χ0v) is 21.3. The van der Waals surface area contributed by atoms with Crippen molar-refractivity contribution in [2.24, 2.45) is 0 Å². The first kappa shape index (κ1) is 26.3. The molecule has 0 aliphatic heterocycles. The highest BCUT2D eigenvalue weighted by molar-refractivity contribution is 9.10. The summed E-state index contributed by atoms with van der Waals surface area (Å²) in [5, 5.41) is 0. The van der Waals surface area contributed by atoms with Gasteiger partial charge in [-0.25, -0.2) is 9.59 Å². The SMILES string of the molecule is CCCCCCOc1ccc(C(=O)Oc2cccc(C(=O)OCCOc3ccccc3)c2)cc1Br. The van der Waals surface area contributed by atoms with Gasteiger partial charge in [-0.1, -0.05) is 50.5 Å². The Kier molecular flexibility index (Phi) is 10.6. The van der Waals surface area contributed by atoms with E-state index in [1.54, 1.807) is 36.4 Å². The van der Waals surface area contributed by atoms with Crippen LogP contribution in [-0.2, 0) is 4.74 Å². The van der Waals surface area contributed by atoms with E-state index in [-0.39, 0.29) is 24.5 Å². The fourth-order valence-electron chi connectivity index (χ4n) is 3.20. The molecule has 0 atom stereocenters. The van der Waals surface area contributed by atoms with Crippen molar-refractivity contribution in [2.45, 2.75) is 32.6 Å². The predicted octanol–water partition coefficient (Wildman–Crippen LogP) is 6.86. The monoisotopic (exact) mass is 540 g/mol. The lowest BCUT2D eigenvalue weighted by Gasteiger charge is -2.10. The Bertz CT molecular complexity index is 1100. The smallest absolute Gasteiger partial charge is 0.343 e. The third-order valence-corrected chi connectivity index (χ3v) is 5.65. The van der Waals surface area contributed by atoms with Gasteiger partial charge in [0, 0.05) is 0 Å². The summed E-state index contributed by atoms with van der Waals surface area (Å²) in [6.45, 7) is 3.13. The van der Waals surface area contributed by atoms with E-state index < -0.39 is 11.9 Å². The number of halogens is 1. The minimum atomic E-state index is -0.540. The van der Waals surface area contributed by atoms with Gasteiger partial charge in [0.05, 0.1) is 22.2 Å². The van der Waals surface area contributed by atoms with Crippen molar-refractivity contribution in [2.75, 3.05) is 19.8 Å². The molecule has 0 N–H and O–H groups in total. The number of esters is 2. The molecule has 0 unspecified atom stereocenters. The van der Waals surface area contributed by atoms with E-state index in [1.807, 2.05) is 30.3 Å². The van der Waals surface area contributed by atoms with Gasteiger partial charge >= 0.3 is 11.9 Å². The number of carbonyl (C=O) groups excluding carboxylic acids is 2. The topological polar surface area (TPSA) is 71.1 Å². The van der Waals surface area contributed by atoms with Gasteiger partial charge in [-0.2, -0.15) is 0 Å². The van der Waals surface area contributed by atoms with Crippen LogP contribution in [0.5, 0.6) is 17.2 Å². The summed E-state index contributed by atoms with van der Waals surface area (Å²) in [7, 11) is 0. The summed E-state index contributed by atoms with van der Waals surface area (Å²) in [6, 6.07) is 20.6. The first-order chi connectivity index (χ1) is 17.1. The van der Waals surface area contributed by atoms with Gasteiger partial charge in [-0.15, -0.1) is 0 Å². The molecule has 0 saturated heterocycles. The summed E-state index contributed by atoms with van der Waals surface area (Å²) in [5.41, 5.74) is 0.643. The van der Waals surface area contributed by atoms with Crippen LogP contribution >= 0.6 is 15.9 Å². The quantitative estimate of drug-likeness (QED) is 0.134. The molecule has 0 aromatic heterocycles. The molecule has 0 aliphatic rings. The summed E-state index contributed by atoms with van der Waals surface area (Å²) in [5.74, 6) is 0.566. The van der Waals surface area contributed by atoms with E-state index in [0.29, 0.717) is 28.1 Å². The Morgan fingerprint density at radius 2 is 1.49 bits per heavy atom. The summed E-state index contributed by atoms with van der Waals surface area (Å²) < 4.78 is 22.7. The molecule has 6 nitrogen and oxygen atoms in total. The van der Waals surface area contributed by atoms with Crippen LogP contribution in [0.3, 0.4) is 0 Å². The lowest BCUT2D eigenvalue weighted by atomic mass is 10.2. The molecule has 0 saturated carbocycles. The molecule has 35 heavy (non-hydrogen) atoms. The van der Waals surface area contributed by atoms with Gasteiger partial charge in [0.2, 0.25) is 0 Å². The second-order valence-corrected chi connectivity index (χ2v) is 8.62. The van der Waals surface area contributed by atoms with Gasteiger partial charge in [0.25, 0.3) is 0 Å². The molecule has 0 bridgehead atoms. The van der Waals surface area contributed by atoms with Crippen LogP contribution in [0.1, 0.15) is 53.3 Å². The summed E-state index contributed by atoms with van der Waals surface area (Å²) in [6.07, 6.45) is 4.49. The zero-order chi connectivity index (χ0) is 24.9. The number of benzene rings is 3. The lowest BCUT2D eigenvalue weighted by molar-refractivity contribution is 0.0449. The molecule has 3 aromatic carbocycles. The molecule has 7 heteroatoms. The summed E-state index contributed by atoms with van der Waals surface area (Å²) >= 11 is 3.46. The molecule has 3 aromatic rings. The second kappa shape index (κ2) is 14.2. The van der Waals surface area contributed by atoms with Gasteiger partial charge in [-0.3, -0.25) is 0 Å². The Balaban J connectivity index is 1.49. The van der Waals surface area contributed by atoms with Crippen LogP contribution in [0.25, 0.3) is 0 Å². The van der Waals surface area contributed by atoms with Gasteiger partial charge in [0.1, 0.15) is 30.5 Å². The molecule has 0 spiro atoms. The number of hydrogen-bond acceptors (Lipinski definition) is 6. The van der Waals surface area contributed by atoms with Crippen LogP contribution in [0.15, 0.2) is 77.3 Å². The molecule has 0 heterocycles. The first-order valence-electron chi connectivity index (χ1n) is 11.7. The van der Waals surface area contributed by atoms with E-state index in [1.165, 1.54) is 18.9 Å². The highest BCUT2D eigenvalue weighted by Crippen LogP contribution is 2.27. The van der Waals surface area contributed by atoms with Crippen molar-refractivity contribution >= 4 is 27.9 Å². The highest BCUT2D eigenvalue weighted by Gasteiger charge is 2.14. The highest BCUT2D eigenvalue weighted by atomic mass is 79.9. The van der Waals surface area contributed by atoms with Gasteiger partial charge in [-0.05, 0) is 70.9 Å². The number of hydrogen-bond donors (Lipinski definition) is 0. The Morgan fingerprint density at radius 3 is 2.26 bits per heavy atom. The number of rotatable bonds is 13. The van der Waals surface area contributed by atoms with Crippen LogP contribution in [0, 0.1) is 0 Å². The average Bonchev–Trinajstić information content (AvgIpc) is 2.88. The predicted molar refractivity (Wildman–Crippen MR) is 137 cm³/mol. The van der Waals surface area contributed by atoms with E-state index in [0.717, 1.165) is 12.8 Å². The van der Waals surface area contributed by atoms with Crippen molar-refractivity contribution in [1.82, 2.24) is 0 Å². The minimum absolute atomic E-state index is 0.0960. The number of ether oxygens (including phenoxy) is 4. The van der Waals surface area contributed by atoms with E-state index >= 15 is 0 Å². The van der Waals surface area contributed by atoms with Crippen LogP contribution in [-0.4, -0.2) is 31.8 Å². The average molecular weight is 541 g/mol. The van der Waals surface area contributed by atoms with Crippen molar-refractivity contribution in [3.63, 3.8) is 0 Å². The van der Waals surface area contributed by atoms with Crippen molar-refractivity contribution in [3.8, 4) is 17.2 Å². The molecular formula is C28H29BrO6. The molecule has 3 rings (SSSR count). The van der Waals surface area contributed by atoms with Crippen LogP contribution < -0.4 is 14.2 Å². The van der Waals surface area contributed by atoms with Crippen LogP contribution in [0.4, 0.5) is 0 Å². The van der Waals surface area contributed by atoms with E-state index in [4.69, 9.17) is 18.9 Å². The Labute approximate surface area is 214 Å². The lowest BCUT2D eigenvalue weighted by Crippen LogP contribution is -2.13. The van der Waals surface area contributed by atoms with Crippen molar-refractivity contribution < 1.29 is 28.5 Å². The van der Waals surface area contributed by atoms with Crippen LogP contribution in [0.2, 0.25) is 0 Å². The van der Waals surface area contributed by atoms with E-state index in [9.17, 15) is 9.59 Å². The van der Waals surface area contributed by atoms with E-state index in [2.05, 4.69) is 22.9 Å².